The van der Waals surface area contributed by atoms with Gasteiger partial charge in [0.15, 0.2) is 0 Å². The first-order chi connectivity index (χ1) is 10.6. The smallest absolute Gasteiger partial charge is 0.870 e. The zero-order valence-corrected chi connectivity index (χ0v) is 18.8. The second kappa shape index (κ2) is 20.4. The van der Waals surface area contributed by atoms with E-state index in [-0.39, 0.29) is 54.0 Å². The Labute approximate surface area is 170 Å². The van der Waals surface area contributed by atoms with Crippen molar-refractivity contribution in [2.75, 3.05) is 58.6 Å². The van der Waals surface area contributed by atoms with E-state index in [1.165, 1.54) is 0 Å². The van der Waals surface area contributed by atoms with Crippen molar-refractivity contribution in [3.05, 3.63) is 0 Å². The minimum Gasteiger partial charge on any atom is -0.870 e. The Morgan fingerprint density at radius 1 is 0.792 bits per heavy atom. The summed E-state index contributed by atoms with van der Waals surface area (Å²) >= 11 is -2.07. The van der Waals surface area contributed by atoms with Crippen molar-refractivity contribution in [3.8, 4) is 0 Å². The van der Waals surface area contributed by atoms with Gasteiger partial charge >= 0.3 is 38.6 Å². The maximum atomic E-state index is 10.3. The maximum Gasteiger partial charge on any atom is 1.00 e. The van der Waals surface area contributed by atoms with E-state index >= 15 is 0 Å². The second-order valence-electron chi connectivity index (χ2n) is 3.88. The van der Waals surface area contributed by atoms with Crippen LogP contribution >= 0.6 is 0 Å². The van der Waals surface area contributed by atoms with Crippen LogP contribution in [0.2, 0.25) is 0 Å². The van der Waals surface area contributed by atoms with Crippen LogP contribution in [0.4, 0.5) is 0 Å². The van der Waals surface area contributed by atoms with Crippen LogP contribution in [0.3, 0.4) is 0 Å². The molecule has 0 rings (SSSR count). The molecule has 1 N–H and O–H groups in total. The van der Waals surface area contributed by atoms with Crippen LogP contribution in [0.1, 0.15) is 20.8 Å². The van der Waals surface area contributed by atoms with E-state index in [0.717, 1.165) is 0 Å². The molecule has 0 saturated carbocycles. The molecule has 12 heteroatoms. The first-order valence-electron chi connectivity index (χ1n) is 7.37. The maximum absolute atomic E-state index is 10.3. The van der Waals surface area contributed by atoms with Crippen molar-refractivity contribution in [3.63, 3.8) is 0 Å². The third-order valence-electron chi connectivity index (χ3n) is 2.24. The third kappa shape index (κ3) is 16.5. The van der Waals surface area contributed by atoms with Gasteiger partial charge in [-0.25, -0.2) is 0 Å². The fraction of sp³-hybridized carbons (Fsp3) is 1.00. The summed E-state index contributed by atoms with van der Waals surface area (Å²) in [4.78, 5) is 0. The van der Waals surface area contributed by atoms with Crippen LogP contribution in [0.5, 0.6) is 0 Å². The molecule has 1 unspecified atom stereocenters. The van der Waals surface area contributed by atoms with Gasteiger partial charge in [0, 0.05) is 25.6 Å². The van der Waals surface area contributed by atoms with Gasteiger partial charge in [-0.3, -0.25) is 4.21 Å². The Hall–Kier alpha value is 1.05. The molecule has 142 valence electrons. The van der Waals surface area contributed by atoms with E-state index in [1.54, 1.807) is 0 Å². The molecule has 1 atom stereocenters. The molecule has 0 heterocycles. The van der Waals surface area contributed by atoms with Crippen molar-refractivity contribution < 1.29 is 71.0 Å². The van der Waals surface area contributed by atoms with Crippen LogP contribution < -0.4 is 29.6 Å². The van der Waals surface area contributed by atoms with Crippen LogP contribution in [-0.2, 0) is 38.3 Å². The van der Waals surface area contributed by atoms with Gasteiger partial charge < -0.3 is 37.2 Å². The quantitative estimate of drug-likeness (QED) is 0.155. The van der Waals surface area contributed by atoms with Crippen molar-refractivity contribution in [1.82, 2.24) is 0 Å². The summed E-state index contributed by atoms with van der Waals surface area (Å²) in [6.45, 7) is 8.40. The number of rotatable bonds is 16. The average molecular weight is 399 g/mol. The molecular formula is C12H28NaO9SSi-. The predicted octanol–water partition coefficient (Wildman–Crippen LogP) is -2.71. The molecule has 0 bridgehead atoms. The molecule has 24 heavy (non-hydrogen) atoms. The summed E-state index contributed by atoms with van der Waals surface area (Å²) in [5, 5.41) is 0. The monoisotopic (exact) mass is 399 g/mol. The summed E-state index contributed by atoms with van der Waals surface area (Å²) in [5.41, 5.74) is 0. The summed E-state index contributed by atoms with van der Waals surface area (Å²) < 4.78 is 53.2. The number of hydrogen-bond donors (Lipinski definition) is 0. The van der Waals surface area contributed by atoms with Crippen molar-refractivity contribution in [2.45, 2.75) is 20.8 Å². The fourth-order valence-corrected chi connectivity index (χ4v) is 3.60. The minimum atomic E-state index is -3.07. The molecule has 0 aliphatic rings. The van der Waals surface area contributed by atoms with Gasteiger partial charge in [0.25, 0.3) is 0 Å². The molecule has 0 spiro atoms. The van der Waals surface area contributed by atoms with E-state index in [2.05, 4.69) is 0 Å². The zero-order valence-electron chi connectivity index (χ0n) is 15.0. The summed E-state index contributed by atoms with van der Waals surface area (Å²) in [5.74, 6) is -0.00565. The Kier molecular flexibility index (Phi) is 25.3. The van der Waals surface area contributed by atoms with Gasteiger partial charge in [-0.15, -0.1) is 0 Å². The van der Waals surface area contributed by atoms with E-state index in [9.17, 15) is 8.76 Å². The average Bonchev–Trinajstić information content (AvgIpc) is 2.46. The Bertz CT molecular complexity index is 272. The molecule has 0 aromatic carbocycles. The largest absolute Gasteiger partial charge is 1.00 e. The Balaban J connectivity index is -0.00000220. The van der Waals surface area contributed by atoms with E-state index in [4.69, 9.17) is 27.2 Å². The first-order valence-corrected chi connectivity index (χ1v) is 10.2. The van der Waals surface area contributed by atoms with Gasteiger partial charge in [-0.1, -0.05) is 11.1 Å². The third-order valence-corrected chi connectivity index (χ3v) is 5.22. The Morgan fingerprint density at radius 2 is 1.21 bits per heavy atom. The van der Waals surface area contributed by atoms with Gasteiger partial charge in [0.05, 0.1) is 33.0 Å². The number of ether oxygens (including phenoxy) is 2. The summed E-state index contributed by atoms with van der Waals surface area (Å²) in [7, 11) is -3.07. The Morgan fingerprint density at radius 3 is 1.62 bits per heavy atom. The molecule has 9 nitrogen and oxygen atoms in total. The SMILES string of the molecule is CCO[Si](OCC)(OCC)OCCOCCOCCS(=O)[O-].[Na+].[OH-]. The summed E-state index contributed by atoms with van der Waals surface area (Å²) in [6.07, 6.45) is 0. The van der Waals surface area contributed by atoms with E-state index < -0.39 is 20.1 Å². The molecule has 0 fully saturated rings. The van der Waals surface area contributed by atoms with E-state index in [1.807, 2.05) is 20.8 Å². The summed E-state index contributed by atoms with van der Waals surface area (Å²) in [6, 6.07) is 0. The molecular weight excluding hydrogens is 371 g/mol. The van der Waals surface area contributed by atoms with Crippen molar-refractivity contribution in [1.29, 1.82) is 0 Å². The zero-order chi connectivity index (χ0) is 16.7. The molecule has 0 aliphatic carbocycles. The predicted molar refractivity (Wildman–Crippen MR) is 83.9 cm³/mol. The van der Waals surface area contributed by atoms with Gasteiger partial charge in [-0.05, 0) is 20.8 Å². The van der Waals surface area contributed by atoms with Crippen LogP contribution in [0.15, 0.2) is 0 Å². The standard InChI is InChI=1S/C12H28O8SSi.Na.H2O/c1-4-17-22(18-5-2,19-6-3)20-10-9-15-7-8-16-11-12-21(13)14;;/h4-12H2,1-3H3,(H,13,14);;1H2/q;+1;/p-2. The van der Waals surface area contributed by atoms with Gasteiger partial charge in [0.1, 0.15) is 0 Å². The first kappa shape index (κ1) is 29.8. The molecule has 0 saturated heterocycles. The van der Waals surface area contributed by atoms with Crippen molar-refractivity contribution >= 4 is 20.1 Å². The second-order valence-corrected chi connectivity index (χ2v) is 7.05. The molecule has 0 aromatic rings. The molecule has 0 radical (unpaired) electrons. The van der Waals surface area contributed by atoms with Crippen LogP contribution in [0.25, 0.3) is 0 Å². The van der Waals surface area contributed by atoms with Gasteiger partial charge in [-0.2, -0.15) is 0 Å². The molecule has 0 amide bonds. The minimum absolute atomic E-state index is 0. The van der Waals surface area contributed by atoms with Crippen LogP contribution in [0, 0.1) is 0 Å². The topological polar surface area (TPSA) is 126 Å². The molecule has 0 aliphatic heterocycles. The normalized spacial score (nSPS) is 12.3. The van der Waals surface area contributed by atoms with Crippen LogP contribution in [-0.4, -0.2) is 81.9 Å². The number of hydrogen-bond acceptors (Lipinski definition) is 9. The van der Waals surface area contributed by atoms with Crippen molar-refractivity contribution in [2.24, 2.45) is 0 Å². The fourth-order valence-electron chi connectivity index (χ4n) is 1.45. The van der Waals surface area contributed by atoms with E-state index in [0.29, 0.717) is 39.6 Å². The molecule has 0 aromatic heterocycles. The van der Waals surface area contributed by atoms with Gasteiger partial charge in [0.2, 0.25) is 0 Å².